The van der Waals surface area contributed by atoms with Crippen molar-refractivity contribution in [3.05, 3.63) is 42.0 Å². The number of halogens is 1. The predicted octanol–water partition coefficient (Wildman–Crippen LogP) is 1.84. The van der Waals surface area contributed by atoms with E-state index >= 15 is 4.39 Å². The highest BCUT2D eigenvalue weighted by Crippen LogP contribution is 2.33. The van der Waals surface area contributed by atoms with E-state index in [4.69, 9.17) is 0 Å². The van der Waals surface area contributed by atoms with E-state index in [0.717, 1.165) is 19.3 Å². The summed E-state index contributed by atoms with van der Waals surface area (Å²) in [5.41, 5.74) is 1.61. The van der Waals surface area contributed by atoms with Gasteiger partial charge in [-0.05, 0) is 25.3 Å². The lowest BCUT2D eigenvalue weighted by Gasteiger charge is -2.25. The van der Waals surface area contributed by atoms with Crippen LogP contribution in [0.5, 0.6) is 0 Å². The van der Waals surface area contributed by atoms with Gasteiger partial charge in [-0.25, -0.2) is 9.37 Å². The number of anilines is 1. The first-order chi connectivity index (χ1) is 14.0. The lowest BCUT2D eigenvalue weighted by molar-refractivity contribution is -0.126. The Labute approximate surface area is 167 Å². The first kappa shape index (κ1) is 19.1. The van der Waals surface area contributed by atoms with Crippen molar-refractivity contribution in [2.75, 3.05) is 18.4 Å². The van der Waals surface area contributed by atoms with Crippen LogP contribution in [-0.4, -0.2) is 50.6 Å². The number of amides is 2. The summed E-state index contributed by atoms with van der Waals surface area (Å²) in [5.74, 6) is -0.908. The molecule has 0 aromatic carbocycles. The molecule has 29 heavy (non-hydrogen) atoms. The zero-order valence-electron chi connectivity index (χ0n) is 16.2. The molecule has 2 aliphatic rings. The van der Waals surface area contributed by atoms with Gasteiger partial charge in [0, 0.05) is 50.0 Å². The summed E-state index contributed by atoms with van der Waals surface area (Å²) in [4.78, 5) is 30.5. The maximum Gasteiger partial charge on any atom is 0.254 e. The van der Waals surface area contributed by atoms with Crippen LogP contribution in [0.4, 0.5) is 10.2 Å². The summed E-state index contributed by atoms with van der Waals surface area (Å²) in [6, 6.07) is -0.145. The Bertz CT molecular complexity index is 986. The second-order valence-corrected chi connectivity index (χ2v) is 7.39. The average Bonchev–Trinajstić information content (AvgIpc) is 3.23. The van der Waals surface area contributed by atoms with Gasteiger partial charge in [0.05, 0.1) is 17.5 Å². The zero-order valence-corrected chi connectivity index (χ0v) is 16.2. The Morgan fingerprint density at radius 3 is 3.00 bits per heavy atom. The molecule has 2 aromatic heterocycles. The van der Waals surface area contributed by atoms with Crippen LogP contribution in [0, 0.1) is 5.82 Å². The van der Waals surface area contributed by atoms with Gasteiger partial charge in [0.1, 0.15) is 0 Å². The summed E-state index contributed by atoms with van der Waals surface area (Å²) < 4.78 is 16.8. The molecule has 4 rings (SSSR count). The lowest BCUT2D eigenvalue weighted by Crippen LogP contribution is -2.38. The molecule has 4 heterocycles. The van der Waals surface area contributed by atoms with Gasteiger partial charge in [-0.1, -0.05) is 6.58 Å². The Kier molecular flexibility index (Phi) is 5.04. The summed E-state index contributed by atoms with van der Waals surface area (Å²) in [6.07, 6.45) is 7.24. The van der Waals surface area contributed by atoms with Crippen molar-refractivity contribution in [2.45, 2.75) is 31.8 Å². The molecule has 0 saturated carbocycles. The molecule has 2 aliphatic heterocycles. The Hall–Kier alpha value is -3.23. The van der Waals surface area contributed by atoms with E-state index < -0.39 is 5.82 Å². The molecule has 2 N–H and O–H groups in total. The first-order valence-corrected chi connectivity index (χ1v) is 9.65. The van der Waals surface area contributed by atoms with Crippen molar-refractivity contribution in [2.24, 2.45) is 7.05 Å². The summed E-state index contributed by atoms with van der Waals surface area (Å²) in [6.45, 7) is 4.78. The summed E-state index contributed by atoms with van der Waals surface area (Å²) in [7, 11) is 1.77. The van der Waals surface area contributed by atoms with E-state index in [1.54, 1.807) is 29.0 Å². The second-order valence-electron chi connectivity index (χ2n) is 7.39. The second kappa shape index (κ2) is 7.65. The third-order valence-electron chi connectivity index (χ3n) is 5.36. The number of carbonyl (C=O) groups excluding carboxylic acids is 2. The highest BCUT2D eigenvalue weighted by atomic mass is 19.1. The molecule has 9 heteroatoms. The fourth-order valence-corrected chi connectivity index (χ4v) is 3.91. The van der Waals surface area contributed by atoms with Gasteiger partial charge >= 0.3 is 0 Å². The number of hydrogen-bond acceptors (Lipinski definition) is 5. The number of aromatic nitrogens is 3. The Morgan fingerprint density at radius 2 is 2.28 bits per heavy atom. The van der Waals surface area contributed by atoms with E-state index in [1.165, 1.54) is 6.08 Å². The van der Waals surface area contributed by atoms with E-state index in [2.05, 4.69) is 27.3 Å². The number of fused-ring (bicyclic) bond motifs is 1. The molecule has 8 nitrogen and oxygen atoms in total. The number of pyridine rings is 1. The van der Waals surface area contributed by atoms with Crippen molar-refractivity contribution < 1.29 is 14.0 Å². The maximum absolute atomic E-state index is 15.2. The largest absolute Gasteiger partial charge is 0.363 e. The maximum atomic E-state index is 15.2. The number of hydrogen-bond donors (Lipinski definition) is 2. The van der Waals surface area contributed by atoms with Crippen molar-refractivity contribution in [1.29, 1.82) is 0 Å². The van der Waals surface area contributed by atoms with Crippen LogP contribution in [-0.2, 0) is 18.4 Å². The van der Waals surface area contributed by atoms with Crippen molar-refractivity contribution >= 4 is 17.6 Å². The molecular formula is C20H23FN6O2. The molecule has 0 bridgehead atoms. The minimum absolute atomic E-state index is 0.0944. The van der Waals surface area contributed by atoms with Crippen LogP contribution in [0.2, 0.25) is 0 Å². The molecule has 152 valence electrons. The molecule has 0 spiro atoms. The van der Waals surface area contributed by atoms with Gasteiger partial charge < -0.3 is 15.5 Å². The Balaban J connectivity index is 1.70. The van der Waals surface area contributed by atoms with Gasteiger partial charge in [0.2, 0.25) is 5.91 Å². The van der Waals surface area contributed by atoms with Crippen molar-refractivity contribution in [1.82, 2.24) is 25.0 Å². The monoisotopic (exact) mass is 398 g/mol. The molecule has 1 unspecified atom stereocenters. The van der Waals surface area contributed by atoms with Crippen LogP contribution < -0.4 is 10.6 Å². The number of nitrogens with zero attached hydrogens (tertiary/aromatic N) is 4. The molecule has 0 aliphatic carbocycles. The van der Waals surface area contributed by atoms with E-state index in [9.17, 15) is 9.59 Å². The van der Waals surface area contributed by atoms with Gasteiger partial charge in [-0.3, -0.25) is 14.3 Å². The topological polar surface area (TPSA) is 92.2 Å². The van der Waals surface area contributed by atoms with Gasteiger partial charge in [-0.2, -0.15) is 5.10 Å². The molecule has 1 fully saturated rings. The fraction of sp³-hybridized carbons (Fsp3) is 0.400. The number of carbonyl (C=O) groups is 2. The van der Waals surface area contributed by atoms with Crippen molar-refractivity contribution in [3.63, 3.8) is 0 Å². The standard InChI is InChI=1S/C20H23FN6O2/c1-3-15(28)27-7-5-4-6-13(11-27)24-19-17(21)14-9-22-20(29)16(14)18(25-19)12-8-23-26(2)10-12/h3,8,10,13H,1,4-7,9,11H2,2H3,(H,22,29)(H,24,25). The van der Waals surface area contributed by atoms with Crippen molar-refractivity contribution in [3.8, 4) is 11.3 Å². The third-order valence-corrected chi connectivity index (χ3v) is 5.36. The van der Waals surface area contributed by atoms with Gasteiger partial charge in [0.15, 0.2) is 11.6 Å². The molecule has 2 amide bonds. The first-order valence-electron chi connectivity index (χ1n) is 9.65. The number of aryl methyl sites for hydroxylation is 1. The predicted molar refractivity (Wildman–Crippen MR) is 106 cm³/mol. The van der Waals surface area contributed by atoms with Crippen LogP contribution in [0.25, 0.3) is 11.3 Å². The van der Waals surface area contributed by atoms with Crippen LogP contribution in [0.3, 0.4) is 0 Å². The summed E-state index contributed by atoms with van der Waals surface area (Å²) in [5, 5.41) is 9.99. The minimum atomic E-state index is -0.531. The average molecular weight is 398 g/mol. The van der Waals surface area contributed by atoms with E-state index in [1.807, 2.05) is 0 Å². The summed E-state index contributed by atoms with van der Waals surface area (Å²) >= 11 is 0. The van der Waals surface area contributed by atoms with E-state index in [-0.39, 0.29) is 35.8 Å². The van der Waals surface area contributed by atoms with Crippen LogP contribution in [0.1, 0.15) is 35.2 Å². The molecule has 1 atom stereocenters. The zero-order chi connectivity index (χ0) is 20.5. The fourth-order valence-electron chi connectivity index (χ4n) is 3.91. The minimum Gasteiger partial charge on any atom is -0.363 e. The van der Waals surface area contributed by atoms with Crippen LogP contribution >= 0.6 is 0 Å². The highest BCUT2D eigenvalue weighted by Gasteiger charge is 2.31. The van der Waals surface area contributed by atoms with E-state index in [0.29, 0.717) is 29.9 Å². The lowest BCUT2D eigenvalue weighted by atomic mass is 10.0. The molecular weight excluding hydrogens is 375 g/mol. The highest BCUT2D eigenvalue weighted by molar-refractivity contribution is 6.04. The smallest absolute Gasteiger partial charge is 0.254 e. The van der Waals surface area contributed by atoms with Crippen LogP contribution in [0.15, 0.2) is 25.0 Å². The number of nitrogens with one attached hydrogen (secondary N) is 2. The number of likely N-dealkylation sites (tertiary alicyclic amines) is 1. The Morgan fingerprint density at radius 1 is 1.45 bits per heavy atom. The normalized spacial score (nSPS) is 18.8. The van der Waals surface area contributed by atoms with Gasteiger partial charge in [-0.15, -0.1) is 0 Å². The SMILES string of the molecule is C=CC(=O)N1CCCCC(Nc2nc(-c3cnn(C)c3)c3c(c2F)CNC3=O)C1. The third kappa shape index (κ3) is 3.59. The quantitative estimate of drug-likeness (QED) is 0.767. The molecule has 1 saturated heterocycles. The molecule has 0 radical (unpaired) electrons. The molecule has 2 aromatic rings. The van der Waals surface area contributed by atoms with Gasteiger partial charge in [0.25, 0.3) is 5.91 Å². The number of rotatable bonds is 4.